The number of anilines is 2. The van der Waals surface area contributed by atoms with Crippen LogP contribution in [0.15, 0.2) is 6.07 Å². The molecule has 0 aliphatic heterocycles. The first kappa shape index (κ1) is 15.7. The molecule has 19 heavy (non-hydrogen) atoms. The Labute approximate surface area is 116 Å². The van der Waals surface area contributed by atoms with E-state index in [2.05, 4.69) is 28.8 Å². The molecule has 1 aromatic heterocycles. The van der Waals surface area contributed by atoms with E-state index in [1.807, 2.05) is 24.9 Å². The van der Waals surface area contributed by atoms with Crippen molar-refractivity contribution in [3.05, 3.63) is 11.9 Å². The van der Waals surface area contributed by atoms with Gasteiger partial charge in [-0.1, -0.05) is 19.8 Å². The van der Waals surface area contributed by atoms with Crippen LogP contribution < -0.4 is 9.80 Å². The Balaban J connectivity index is 2.77. The van der Waals surface area contributed by atoms with Gasteiger partial charge in [0.15, 0.2) is 0 Å². The second kappa shape index (κ2) is 7.94. The van der Waals surface area contributed by atoms with Gasteiger partial charge in [-0.2, -0.15) is 0 Å². The van der Waals surface area contributed by atoms with Crippen molar-refractivity contribution in [2.45, 2.75) is 33.1 Å². The van der Waals surface area contributed by atoms with Crippen LogP contribution >= 0.6 is 0 Å². The molecule has 0 saturated carbocycles. The molecule has 0 atom stereocenters. The summed E-state index contributed by atoms with van der Waals surface area (Å²) < 4.78 is 0. The molecule has 1 heterocycles. The highest BCUT2D eigenvalue weighted by Crippen LogP contribution is 2.17. The zero-order valence-corrected chi connectivity index (χ0v) is 12.6. The van der Waals surface area contributed by atoms with E-state index in [0.29, 0.717) is 6.54 Å². The van der Waals surface area contributed by atoms with Gasteiger partial charge >= 0.3 is 0 Å². The molecule has 1 rings (SSSR count). The SMILES string of the molecule is CCCCCN(C)c1cc(N(C)CCO)nc(C)n1. The van der Waals surface area contributed by atoms with Gasteiger partial charge in [0.2, 0.25) is 0 Å². The average Bonchev–Trinajstić information content (AvgIpc) is 2.38. The van der Waals surface area contributed by atoms with Crippen LogP contribution in [0.25, 0.3) is 0 Å². The second-order valence-electron chi connectivity index (χ2n) is 4.91. The molecule has 0 fully saturated rings. The molecule has 0 saturated heterocycles. The van der Waals surface area contributed by atoms with Crippen LogP contribution in [0.1, 0.15) is 32.0 Å². The van der Waals surface area contributed by atoms with Crippen LogP contribution in [0.4, 0.5) is 11.6 Å². The number of aromatic nitrogens is 2. The summed E-state index contributed by atoms with van der Waals surface area (Å²) in [7, 11) is 3.99. The van der Waals surface area contributed by atoms with Crippen molar-refractivity contribution in [3.8, 4) is 0 Å². The van der Waals surface area contributed by atoms with Crippen LogP contribution in [0.3, 0.4) is 0 Å². The minimum Gasteiger partial charge on any atom is -0.395 e. The zero-order chi connectivity index (χ0) is 14.3. The predicted octanol–water partition coefficient (Wildman–Crippen LogP) is 1.84. The molecule has 1 N–H and O–H groups in total. The summed E-state index contributed by atoms with van der Waals surface area (Å²) >= 11 is 0. The summed E-state index contributed by atoms with van der Waals surface area (Å²) in [6.07, 6.45) is 3.64. The highest BCUT2D eigenvalue weighted by molar-refractivity contribution is 5.50. The fourth-order valence-electron chi connectivity index (χ4n) is 1.91. The summed E-state index contributed by atoms with van der Waals surface area (Å²) in [4.78, 5) is 13.0. The molecule has 0 unspecified atom stereocenters. The van der Waals surface area contributed by atoms with Gasteiger partial charge in [-0.05, 0) is 13.3 Å². The average molecular weight is 266 g/mol. The number of hydrogen-bond donors (Lipinski definition) is 1. The number of hydrogen-bond acceptors (Lipinski definition) is 5. The molecule has 5 heteroatoms. The predicted molar refractivity (Wildman–Crippen MR) is 79.9 cm³/mol. The van der Waals surface area contributed by atoms with Gasteiger partial charge in [-0.25, -0.2) is 9.97 Å². The van der Waals surface area contributed by atoms with Crippen molar-refractivity contribution in [2.75, 3.05) is 43.6 Å². The summed E-state index contributed by atoms with van der Waals surface area (Å²) in [6.45, 7) is 5.82. The lowest BCUT2D eigenvalue weighted by molar-refractivity contribution is 0.304. The molecule has 0 aromatic carbocycles. The van der Waals surface area contributed by atoms with E-state index in [-0.39, 0.29) is 6.61 Å². The normalized spacial score (nSPS) is 10.6. The van der Waals surface area contributed by atoms with E-state index in [4.69, 9.17) is 5.11 Å². The highest BCUT2D eigenvalue weighted by Gasteiger charge is 2.09. The van der Waals surface area contributed by atoms with E-state index in [9.17, 15) is 0 Å². The largest absolute Gasteiger partial charge is 0.395 e. The third-order valence-corrected chi connectivity index (χ3v) is 3.13. The quantitative estimate of drug-likeness (QED) is 0.728. The number of aliphatic hydroxyl groups is 1. The highest BCUT2D eigenvalue weighted by atomic mass is 16.3. The Morgan fingerprint density at radius 1 is 1.05 bits per heavy atom. The van der Waals surface area contributed by atoms with E-state index >= 15 is 0 Å². The van der Waals surface area contributed by atoms with Crippen LogP contribution in [0.5, 0.6) is 0 Å². The monoisotopic (exact) mass is 266 g/mol. The van der Waals surface area contributed by atoms with E-state index in [1.165, 1.54) is 19.3 Å². The second-order valence-corrected chi connectivity index (χ2v) is 4.91. The van der Waals surface area contributed by atoms with E-state index in [1.54, 1.807) is 0 Å². The number of aliphatic hydroxyl groups excluding tert-OH is 1. The van der Waals surface area contributed by atoms with Gasteiger partial charge in [0.05, 0.1) is 6.61 Å². The van der Waals surface area contributed by atoms with Gasteiger partial charge in [-0.15, -0.1) is 0 Å². The number of unbranched alkanes of at least 4 members (excludes halogenated alkanes) is 2. The number of nitrogens with zero attached hydrogens (tertiary/aromatic N) is 4. The topological polar surface area (TPSA) is 52.5 Å². The fourth-order valence-corrected chi connectivity index (χ4v) is 1.91. The molecule has 0 amide bonds. The first-order valence-electron chi connectivity index (χ1n) is 6.97. The summed E-state index contributed by atoms with van der Waals surface area (Å²) in [6, 6.07) is 1.98. The first-order valence-corrected chi connectivity index (χ1v) is 6.97. The summed E-state index contributed by atoms with van der Waals surface area (Å²) in [5.74, 6) is 2.57. The van der Waals surface area contributed by atoms with Crippen molar-refractivity contribution in [1.82, 2.24) is 9.97 Å². The maximum absolute atomic E-state index is 8.99. The van der Waals surface area contributed by atoms with Crippen molar-refractivity contribution in [1.29, 1.82) is 0 Å². The maximum atomic E-state index is 8.99. The summed E-state index contributed by atoms with van der Waals surface area (Å²) in [5, 5.41) is 8.99. The Hall–Kier alpha value is -1.36. The minimum atomic E-state index is 0.126. The smallest absolute Gasteiger partial charge is 0.134 e. The van der Waals surface area contributed by atoms with E-state index in [0.717, 1.165) is 24.0 Å². The Kier molecular flexibility index (Phi) is 6.56. The van der Waals surface area contributed by atoms with Crippen LogP contribution in [-0.2, 0) is 0 Å². The molecule has 108 valence electrons. The minimum absolute atomic E-state index is 0.126. The third-order valence-electron chi connectivity index (χ3n) is 3.13. The van der Waals surface area contributed by atoms with Crippen molar-refractivity contribution in [3.63, 3.8) is 0 Å². The van der Waals surface area contributed by atoms with Crippen molar-refractivity contribution >= 4 is 11.6 Å². The molecule has 0 aliphatic rings. The van der Waals surface area contributed by atoms with Gasteiger partial charge in [0.1, 0.15) is 17.5 Å². The van der Waals surface area contributed by atoms with Crippen molar-refractivity contribution < 1.29 is 5.11 Å². The molecule has 0 spiro atoms. The lowest BCUT2D eigenvalue weighted by Crippen LogP contribution is -2.25. The Morgan fingerprint density at radius 3 is 2.16 bits per heavy atom. The lowest BCUT2D eigenvalue weighted by Gasteiger charge is -2.22. The van der Waals surface area contributed by atoms with Crippen LogP contribution in [-0.4, -0.2) is 48.9 Å². The molecule has 0 bridgehead atoms. The van der Waals surface area contributed by atoms with Gasteiger partial charge in [0, 0.05) is 33.3 Å². The summed E-state index contributed by atoms with van der Waals surface area (Å²) in [5.41, 5.74) is 0. The molecular formula is C14H26N4O. The van der Waals surface area contributed by atoms with Crippen molar-refractivity contribution in [2.24, 2.45) is 0 Å². The van der Waals surface area contributed by atoms with Gasteiger partial charge < -0.3 is 14.9 Å². The Bertz CT molecular complexity index is 384. The first-order chi connectivity index (χ1) is 9.08. The standard InChI is InChI=1S/C14H26N4O/c1-5-6-7-8-17(3)13-11-14(16-12(2)15-13)18(4)9-10-19/h11,19H,5-10H2,1-4H3. The third kappa shape index (κ3) is 5.03. The fraction of sp³-hybridized carbons (Fsp3) is 0.714. The maximum Gasteiger partial charge on any atom is 0.134 e. The molecular weight excluding hydrogens is 240 g/mol. The molecule has 0 radical (unpaired) electrons. The van der Waals surface area contributed by atoms with Gasteiger partial charge in [0.25, 0.3) is 0 Å². The molecule has 0 aliphatic carbocycles. The Morgan fingerprint density at radius 2 is 1.63 bits per heavy atom. The van der Waals surface area contributed by atoms with Crippen LogP contribution in [0, 0.1) is 6.92 Å². The van der Waals surface area contributed by atoms with Crippen LogP contribution in [0.2, 0.25) is 0 Å². The van der Waals surface area contributed by atoms with E-state index < -0.39 is 0 Å². The lowest BCUT2D eigenvalue weighted by atomic mass is 10.2. The van der Waals surface area contributed by atoms with Gasteiger partial charge in [-0.3, -0.25) is 0 Å². The number of aryl methyl sites for hydroxylation is 1. The number of rotatable bonds is 8. The zero-order valence-electron chi connectivity index (χ0n) is 12.6. The molecule has 1 aromatic rings. The number of likely N-dealkylation sites (N-methyl/N-ethyl adjacent to an activating group) is 1. The molecule has 5 nitrogen and oxygen atoms in total.